The standard InChI is InChI=1S/C84H164O17P2/c1-8-11-12-13-14-35-44-51-58-65-81(86)94-72-80(101-84(89)68-61-54-47-40-41-48-55-62-75(4)5)74-99-103(92,93)97-70-78(85)69-96-102(90,91)98-73-79(100-83(88)67-60-53-46-39-34-30-26-22-18-16-20-24-28-32-37-43-50-57-64-77(7)10-3)71-95-82(87)66-59-52-45-38-33-29-25-21-17-15-19-23-27-31-36-42-49-56-63-76(6)9-2/h75-80,85H,8-74H2,1-7H3,(H,90,91)(H,92,93)/t76?,77?,78-,79-,80-/m1/s1. The van der Waals surface area contributed by atoms with Gasteiger partial charge in [0.2, 0.25) is 0 Å². The molecule has 0 aliphatic heterocycles. The molecule has 0 aromatic rings. The first-order valence-electron chi connectivity index (χ1n) is 43.4. The molecular formula is C84H164O17P2. The summed E-state index contributed by atoms with van der Waals surface area (Å²) >= 11 is 0. The highest BCUT2D eigenvalue weighted by Crippen LogP contribution is 2.45. The zero-order chi connectivity index (χ0) is 75.8. The Hall–Kier alpha value is -1.94. The molecule has 0 aliphatic carbocycles. The van der Waals surface area contributed by atoms with Gasteiger partial charge in [0.25, 0.3) is 0 Å². The van der Waals surface area contributed by atoms with Crippen LogP contribution < -0.4 is 0 Å². The van der Waals surface area contributed by atoms with Crippen molar-refractivity contribution in [3.05, 3.63) is 0 Å². The van der Waals surface area contributed by atoms with Crippen LogP contribution >= 0.6 is 15.6 Å². The van der Waals surface area contributed by atoms with Gasteiger partial charge >= 0.3 is 39.5 Å². The summed E-state index contributed by atoms with van der Waals surface area (Å²) in [6.07, 6.45) is 64.1. The molecule has 0 saturated heterocycles. The van der Waals surface area contributed by atoms with Crippen LogP contribution in [-0.2, 0) is 65.4 Å². The maximum Gasteiger partial charge on any atom is 0.472 e. The molecule has 4 unspecified atom stereocenters. The number of aliphatic hydroxyl groups is 1. The molecule has 0 saturated carbocycles. The summed E-state index contributed by atoms with van der Waals surface area (Å²) in [6.45, 7) is 12.0. The molecule has 0 spiro atoms. The van der Waals surface area contributed by atoms with E-state index >= 15 is 0 Å². The van der Waals surface area contributed by atoms with Gasteiger partial charge in [0, 0.05) is 25.7 Å². The van der Waals surface area contributed by atoms with Crippen LogP contribution in [-0.4, -0.2) is 96.7 Å². The summed E-state index contributed by atoms with van der Waals surface area (Å²) in [5, 5.41) is 10.6. The van der Waals surface area contributed by atoms with Gasteiger partial charge < -0.3 is 33.8 Å². The van der Waals surface area contributed by atoms with Crippen molar-refractivity contribution in [3.63, 3.8) is 0 Å². The van der Waals surface area contributed by atoms with E-state index in [2.05, 4.69) is 48.5 Å². The summed E-state index contributed by atoms with van der Waals surface area (Å²) < 4.78 is 68.7. The Morgan fingerprint density at radius 3 is 0.738 bits per heavy atom. The molecule has 0 bridgehead atoms. The first-order chi connectivity index (χ1) is 49.8. The summed E-state index contributed by atoms with van der Waals surface area (Å²) in [7, 11) is -9.92. The van der Waals surface area contributed by atoms with Crippen LogP contribution in [0.4, 0.5) is 0 Å². The Labute approximate surface area is 632 Å². The lowest BCUT2D eigenvalue weighted by molar-refractivity contribution is -0.161. The topological polar surface area (TPSA) is 237 Å². The van der Waals surface area contributed by atoms with Crippen LogP contribution in [0.3, 0.4) is 0 Å². The number of phosphoric ester groups is 2. The van der Waals surface area contributed by atoms with Gasteiger partial charge in [-0.1, -0.05) is 389 Å². The monoisotopic (exact) mass is 1510 g/mol. The van der Waals surface area contributed by atoms with E-state index < -0.39 is 97.5 Å². The molecule has 17 nitrogen and oxygen atoms in total. The lowest BCUT2D eigenvalue weighted by Gasteiger charge is -2.21. The van der Waals surface area contributed by atoms with Crippen LogP contribution in [0.25, 0.3) is 0 Å². The third kappa shape index (κ3) is 75.3. The number of carbonyl (C=O) groups excluding carboxylic acids is 4. The second-order valence-electron chi connectivity index (χ2n) is 31.2. The highest BCUT2D eigenvalue weighted by Gasteiger charge is 2.30. The molecule has 0 fully saturated rings. The number of aliphatic hydroxyl groups excluding tert-OH is 1. The molecular weight excluding hydrogens is 1340 g/mol. The first kappa shape index (κ1) is 101. The van der Waals surface area contributed by atoms with E-state index in [-0.39, 0.29) is 25.7 Å². The van der Waals surface area contributed by atoms with Crippen LogP contribution in [0.15, 0.2) is 0 Å². The van der Waals surface area contributed by atoms with Gasteiger partial charge in [-0.2, -0.15) is 0 Å². The SMILES string of the molecule is CCCCCCCCCCCC(=O)OC[C@H](COP(=O)(O)OC[C@H](O)COP(=O)(O)OC[C@@H](COC(=O)CCCCCCCCCCCCCCCCCCCCC(C)CC)OC(=O)CCCCCCCCCCCCCCCCCCCCC(C)CC)OC(=O)CCCCCCCCCC(C)C. The molecule has 0 amide bonds. The minimum absolute atomic E-state index is 0.104. The van der Waals surface area contributed by atoms with Crippen molar-refractivity contribution in [2.45, 2.75) is 458 Å². The molecule has 0 aromatic heterocycles. The molecule has 3 N–H and O–H groups in total. The van der Waals surface area contributed by atoms with Crippen molar-refractivity contribution >= 4 is 39.5 Å². The van der Waals surface area contributed by atoms with E-state index in [0.717, 1.165) is 102 Å². The van der Waals surface area contributed by atoms with Crippen molar-refractivity contribution in [1.82, 2.24) is 0 Å². The fourth-order valence-electron chi connectivity index (χ4n) is 13.0. The summed E-state index contributed by atoms with van der Waals surface area (Å²) in [6, 6.07) is 0. The van der Waals surface area contributed by atoms with Crippen molar-refractivity contribution in [2.75, 3.05) is 39.6 Å². The molecule has 0 heterocycles. The molecule has 0 rings (SSSR count). The molecule has 0 aromatic carbocycles. The van der Waals surface area contributed by atoms with E-state index in [1.807, 2.05) is 0 Å². The van der Waals surface area contributed by atoms with Crippen LogP contribution in [0.5, 0.6) is 0 Å². The third-order valence-electron chi connectivity index (χ3n) is 20.4. The van der Waals surface area contributed by atoms with E-state index in [9.17, 15) is 43.2 Å². The third-order valence-corrected chi connectivity index (χ3v) is 22.3. The molecule has 19 heteroatoms. The molecule has 0 radical (unpaired) electrons. The highest BCUT2D eigenvalue weighted by molar-refractivity contribution is 7.47. The summed E-state index contributed by atoms with van der Waals surface area (Å²) in [5.74, 6) is 0.328. The number of rotatable bonds is 82. The number of hydrogen-bond donors (Lipinski definition) is 3. The molecule has 0 aliphatic rings. The smallest absolute Gasteiger partial charge is 0.462 e. The van der Waals surface area contributed by atoms with Crippen molar-refractivity contribution in [3.8, 4) is 0 Å². The van der Waals surface area contributed by atoms with E-state index in [1.165, 1.54) is 250 Å². The van der Waals surface area contributed by atoms with Gasteiger partial charge in [-0.05, 0) is 43.4 Å². The Morgan fingerprint density at radius 1 is 0.282 bits per heavy atom. The predicted octanol–water partition coefficient (Wildman–Crippen LogP) is 25.3. The van der Waals surface area contributed by atoms with Gasteiger partial charge in [-0.15, -0.1) is 0 Å². The lowest BCUT2D eigenvalue weighted by Crippen LogP contribution is -2.30. The highest BCUT2D eigenvalue weighted by atomic mass is 31.2. The number of phosphoric acid groups is 2. The normalized spacial score (nSPS) is 14.4. The van der Waals surface area contributed by atoms with Gasteiger partial charge in [0.05, 0.1) is 26.4 Å². The maximum atomic E-state index is 13.1. The Morgan fingerprint density at radius 2 is 0.495 bits per heavy atom. The van der Waals surface area contributed by atoms with E-state index in [0.29, 0.717) is 31.6 Å². The first-order valence-corrected chi connectivity index (χ1v) is 46.4. The predicted molar refractivity (Wildman–Crippen MR) is 423 cm³/mol. The van der Waals surface area contributed by atoms with Crippen LogP contribution in [0.2, 0.25) is 0 Å². The van der Waals surface area contributed by atoms with Gasteiger partial charge in [-0.25, -0.2) is 9.13 Å². The fraction of sp³-hybridized carbons (Fsp3) is 0.952. The van der Waals surface area contributed by atoms with Gasteiger partial charge in [-0.3, -0.25) is 37.3 Å². The quantitative estimate of drug-likeness (QED) is 0.0222. The van der Waals surface area contributed by atoms with Gasteiger partial charge in [0.1, 0.15) is 19.3 Å². The largest absolute Gasteiger partial charge is 0.472 e. The molecule has 7 atom stereocenters. The summed E-state index contributed by atoms with van der Waals surface area (Å²) in [5.41, 5.74) is 0. The Balaban J connectivity index is 5.16. The van der Waals surface area contributed by atoms with Crippen LogP contribution in [0, 0.1) is 17.8 Å². The maximum absolute atomic E-state index is 13.1. The summed E-state index contributed by atoms with van der Waals surface area (Å²) in [4.78, 5) is 73.0. The number of ether oxygens (including phenoxy) is 4. The van der Waals surface area contributed by atoms with Crippen LogP contribution in [0.1, 0.15) is 440 Å². The van der Waals surface area contributed by atoms with Crippen molar-refractivity contribution in [2.24, 2.45) is 17.8 Å². The average Bonchev–Trinajstić information content (AvgIpc) is 0.936. The average molecular weight is 1510 g/mol. The Bertz CT molecular complexity index is 2000. The molecule has 612 valence electrons. The minimum atomic E-state index is -4.96. The second-order valence-corrected chi connectivity index (χ2v) is 34.1. The van der Waals surface area contributed by atoms with Crippen molar-refractivity contribution in [1.29, 1.82) is 0 Å². The van der Waals surface area contributed by atoms with E-state index in [1.54, 1.807) is 0 Å². The number of hydrogen-bond acceptors (Lipinski definition) is 15. The fourth-order valence-corrected chi connectivity index (χ4v) is 14.5. The Kier molecular flexibility index (Phi) is 72.8. The van der Waals surface area contributed by atoms with Crippen molar-refractivity contribution < 1.29 is 80.2 Å². The number of esters is 4. The zero-order valence-electron chi connectivity index (χ0n) is 67.8. The zero-order valence-corrected chi connectivity index (χ0v) is 69.6. The number of carbonyl (C=O) groups is 4. The second kappa shape index (κ2) is 74.2. The van der Waals surface area contributed by atoms with E-state index in [4.69, 9.17) is 37.0 Å². The minimum Gasteiger partial charge on any atom is -0.462 e. The number of unbranched alkanes of at least 4 members (excludes halogenated alkanes) is 48. The lowest BCUT2D eigenvalue weighted by atomic mass is 9.99. The molecule has 103 heavy (non-hydrogen) atoms. The van der Waals surface area contributed by atoms with Gasteiger partial charge in [0.15, 0.2) is 12.2 Å².